The number of para-hydroxylation sites is 4. The Morgan fingerprint density at radius 3 is 1.70 bits per heavy atom. The van der Waals surface area contributed by atoms with E-state index in [4.69, 9.17) is 25.4 Å². The first-order valence-corrected chi connectivity index (χ1v) is 28.6. The molecule has 0 amide bonds. The summed E-state index contributed by atoms with van der Waals surface area (Å²) in [5, 5.41) is 1.79. The van der Waals surface area contributed by atoms with Crippen molar-refractivity contribution in [2.45, 2.75) is 52.4 Å². The van der Waals surface area contributed by atoms with E-state index in [1.807, 2.05) is 137 Å². The first-order valence-electron chi connectivity index (χ1n) is 33.6. The minimum Gasteiger partial charge on any atom is -0.509 e. The SMILES string of the molecule is [2H]c1c([2H])c([2H])c(-c2cc(-c3cc(C(C)(C)C)cc(-c4c([2H])c([2H])c([2H])c([2H])c4[2H])c3Oc3ccnc(-n4c5[c-]c(Oc6[c-]c(N7[CH-]N(c8c(-c9ccccc9)cccc8-c8ccccc8)c8ccccc87)ccc6)ccc5c5ccccc54)c3)cc(C(C)(C)C)c2)c([2H])c1[2H].[Pt]. The van der Waals surface area contributed by atoms with E-state index in [-0.39, 0.29) is 61.3 Å². The summed E-state index contributed by atoms with van der Waals surface area (Å²) in [6, 6.07) is 68.6. The summed E-state index contributed by atoms with van der Waals surface area (Å²) in [6.45, 7) is 14.2. The molecule has 3 heterocycles. The van der Waals surface area contributed by atoms with Crippen molar-refractivity contribution in [1.82, 2.24) is 9.55 Å². The molecular weight excluding hydrogens is 1240 g/mol. The molecule has 0 spiro atoms. The molecular formula is C80H63N4O2Pt-3. The van der Waals surface area contributed by atoms with Gasteiger partial charge in [-0.25, -0.2) is 4.98 Å². The van der Waals surface area contributed by atoms with Crippen LogP contribution in [0.15, 0.2) is 267 Å². The van der Waals surface area contributed by atoms with E-state index in [0.717, 1.165) is 72.4 Å². The van der Waals surface area contributed by atoms with Crippen LogP contribution in [0.25, 0.3) is 83.3 Å². The minimum atomic E-state index is -0.586. The van der Waals surface area contributed by atoms with Crippen molar-refractivity contribution in [2.75, 3.05) is 9.80 Å². The van der Waals surface area contributed by atoms with Crippen molar-refractivity contribution in [2.24, 2.45) is 0 Å². The zero-order valence-corrected chi connectivity index (χ0v) is 50.9. The molecule has 0 N–H and O–H groups in total. The summed E-state index contributed by atoms with van der Waals surface area (Å²) in [6.07, 6.45) is 1.62. The van der Waals surface area contributed by atoms with Crippen molar-refractivity contribution in [3.05, 3.63) is 297 Å². The quantitative estimate of drug-likeness (QED) is 0.114. The fraction of sp³-hybridized carbons (Fsp3) is 0.100. The zero-order valence-electron chi connectivity index (χ0n) is 58.6. The molecule has 0 saturated carbocycles. The van der Waals surface area contributed by atoms with Gasteiger partial charge in [-0.2, -0.15) is 12.1 Å². The molecule has 0 radical (unpaired) electrons. The van der Waals surface area contributed by atoms with E-state index in [0.29, 0.717) is 39.5 Å². The summed E-state index contributed by atoms with van der Waals surface area (Å²) in [4.78, 5) is 9.36. The van der Waals surface area contributed by atoms with E-state index in [2.05, 4.69) is 114 Å². The van der Waals surface area contributed by atoms with Crippen LogP contribution in [0.5, 0.6) is 23.0 Å². The summed E-state index contributed by atoms with van der Waals surface area (Å²) in [5.41, 5.74) is 11.4. The maximum Gasteiger partial charge on any atom is 0.143 e. The topological polar surface area (TPSA) is 42.8 Å². The Morgan fingerprint density at radius 2 is 1.02 bits per heavy atom. The molecule has 87 heavy (non-hydrogen) atoms. The number of hydrogen-bond acceptors (Lipinski definition) is 5. The van der Waals surface area contributed by atoms with Gasteiger partial charge in [-0.05, 0) is 103 Å². The number of anilines is 4. The van der Waals surface area contributed by atoms with Gasteiger partial charge in [0.05, 0.1) is 13.7 Å². The largest absolute Gasteiger partial charge is 0.509 e. The van der Waals surface area contributed by atoms with E-state index in [9.17, 15) is 2.74 Å². The number of nitrogens with zero attached hydrogens (tertiary/aromatic N) is 4. The Morgan fingerprint density at radius 1 is 0.448 bits per heavy atom. The molecule has 13 aromatic rings. The predicted molar refractivity (Wildman–Crippen MR) is 355 cm³/mol. The Labute approximate surface area is 538 Å². The third-order valence-corrected chi connectivity index (χ3v) is 15.7. The van der Waals surface area contributed by atoms with E-state index < -0.39 is 59.2 Å². The van der Waals surface area contributed by atoms with Gasteiger partial charge in [0.15, 0.2) is 0 Å². The van der Waals surface area contributed by atoms with Crippen molar-refractivity contribution >= 4 is 44.6 Å². The molecule has 0 bridgehead atoms. The number of fused-ring (bicyclic) bond motifs is 4. The van der Waals surface area contributed by atoms with E-state index >= 15 is 0 Å². The maximum absolute atomic E-state index is 9.41. The third-order valence-electron chi connectivity index (χ3n) is 15.7. The van der Waals surface area contributed by atoms with Gasteiger partial charge >= 0.3 is 0 Å². The van der Waals surface area contributed by atoms with Crippen LogP contribution in [0.1, 0.15) is 66.4 Å². The molecule has 0 aliphatic carbocycles. The summed E-state index contributed by atoms with van der Waals surface area (Å²) in [5.74, 6) is 1.72. The molecule has 6 nitrogen and oxygen atoms in total. The van der Waals surface area contributed by atoms with E-state index in [1.54, 1.807) is 30.5 Å². The van der Waals surface area contributed by atoms with Crippen molar-refractivity contribution < 1.29 is 44.2 Å². The second-order valence-electron chi connectivity index (χ2n) is 23.4. The Kier molecular flexibility index (Phi) is 12.2. The fourth-order valence-corrected chi connectivity index (χ4v) is 11.3. The number of rotatable bonds is 12. The van der Waals surface area contributed by atoms with Gasteiger partial charge in [0, 0.05) is 89.7 Å². The monoisotopic (exact) mass is 1320 g/mol. The molecule has 1 aliphatic heterocycles. The average molecular weight is 1320 g/mol. The first-order chi connectivity index (χ1) is 46.0. The molecule has 14 rings (SSSR count). The van der Waals surface area contributed by atoms with Gasteiger partial charge in [-0.1, -0.05) is 229 Å². The van der Waals surface area contributed by atoms with Crippen LogP contribution in [0.3, 0.4) is 0 Å². The Bertz CT molecular complexity index is 5170. The van der Waals surface area contributed by atoms with E-state index in [1.165, 1.54) is 0 Å². The van der Waals surface area contributed by atoms with Gasteiger partial charge in [-0.3, -0.25) is 0 Å². The number of pyridine rings is 1. The molecule has 7 heteroatoms. The van der Waals surface area contributed by atoms with Crippen LogP contribution in [-0.4, -0.2) is 9.55 Å². The number of hydrogen-bond donors (Lipinski definition) is 0. The van der Waals surface area contributed by atoms with Crippen molar-refractivity contribution in [3.63, 3.8) is 0 Å². The molecule has 0 saturated heterocycles. The van der Waals surface area contributed by atoms with Crippen molar-refractivity contribution in [1.29, 1.82) is 0 Å². The van der Waals surface area contributed by atoms with Crippen LogP contribution in [0, 0.1) is 18.8 Å². The summed E-state index contributed by atoms with van der Waals surface area (Å²) >= 11 is 0. The maximum atomic E-state index is 9.41. The van der Waals surface area contributed by atoms with Crippen LogP contribution < -0.4 is 19.3 Å². The Hall–Kier alpha value is -9.74. The van der Waals surface area contributed by atoms with Crippen LogP contribution in [-0.2, 0) is 31.9 Å². The molecule has 428 valence electrons. The smallest absolute Gasteiger partial charge is 0.143 e. The van der Waals surface area contributed by atoms with Crippen LogP contribution in [0.4, 0.5) is 22.7 Å². The fourth-order valence-electron chi connectivity index (χ4n) is 11.3. The summed E-state index contributed by atoms with van der Waals surface area (Å²) in [7, 11) is 0. The van der Waals surface area contributed by atoms with Gasteiger partial charge in [0.1, 0.15) is 17.3 Å². The predicted octanol–water partition coefficient (Wildman–Crippen LogP) is 21.7. The zero-order chi connectivity index (χ0) is 67.2. The number of aromatic nitrogens is 2. The second kappa shape index (κ2) is 23.3. The average Bonchev–Trinajstić information content (AvgIpc) is 1.69. The molecule has 0 atom stereocenters. The second-order valence-corrected chi connectivity index (χ2v) is 23.4. The van der Waals surface area contributed by atoms with Gasteiger partial charge in [-0.15, -0.1) is 48.1 Å². The third kappa shape index (κ3) is 11.0. The number of benzene rings is 11. The minimum absolute atomic E-state index is 0. The number of ether oxygens (including phenoxy) is 2. The van der Waals surface area contributed by atoms with Crippen molar-refractivity contribution in [3.8, 4) is 84.5 Å². The molecule has 11 aromatic carbocycles. The molecule has 0 unspecified atom stereocenters. The molecule has 1 aliphatic rings. The van der Waals surface area contributed by atoms with Gasteiger partial charge < -0.3 is 23.8 Å². The summed E-state index contributed by atoms with van der Waals surface area (Å²) < 4.78 is 105. The van der Waals surface area contributed by atoms with Gasteiger partial charge in [0.25, 0.3) is 0 Å². The molecule has 0 fully saturated rings. The standard InChI is InChI=1S/C80H63N4O2.Pt/c1-79(2,3)60-46-58(54-25-11-7-12-26-54)45-59(47-60)71-49-61(80(4,5)6)48-70(57-31-17-10-18-32-57)78(71)86-65-43-44-81-76(52-65)84-72-38-20-19-35-68(72)69-42-41-64(51-75(69)84)85-63-34-23-33-62(50-63)82-53-83(74-40-22-21-39-73(74)82)77-66(55-27-13-8-14-28-55)36-24-37-67(77)56-29-15-9-16-30-56;/h7-49,52-53H,1-6H3;/q-3;/i7D,10D,11D,12D,17D,18D,25D,26D,31D,32D;. The van der Waals surface area contributed by atoms with Crippen LogP contribution >= 0.6 is 0 Å². The van der Waals surface area contributed by atoms with Gasteiger partial charge in [0.2, 0.25) is 0 Å². The molecule has 2 aromatic heterocycles. The first kappa shape index (κ1) is 45.6. The Balaban J connectivity index is 0.00000849. The van der Waals surface area contributed by atoms with Crippen LogP contribution in [0.2, 0.25) is 0 Å². The normalized spacial score (nSPS) is 13.9.